The Hall–Kier alpha value is -1.75. The van der Waals surface area contributed by atoms with Crippen LogP contribution in [0.5, 0.6) is 0 Å². The van der Waals surface area contributed by atoms with Gasteiger partial charge in [-0.3, -0.25) is 4.98 Å². The van der Waals surface area contributed by atoms with Gasteiger partial charge in [-0.05, 0) is 18.6 Å². The number of fused-ring (bicyclic) bond motifs is 1. The smallest absolute Gasteiger partial charge is 0.183 e. The summed E-state index contributed by atoms with van der Waals surface area (Å²) in [4.78, 5) is 4.33. The van der Waals surface area contributed by atoms with Gasteiger partial charge in [0.25, 0.3) is 0 Å². The van der Waals surface area contributed by atoms with Crippen LogP contribution >= 0.6 is 0 Å². The molecule has 5 heteroatoms. The Balaban J connectivity index is 2.10. The topological polar surface area (TPSA) is 52.8 Å². The monoisotopic (exact) mass is 230 g/mol. The fraction of sp³-hybridized carbons (Fsp3) is 0.417. The molecule has 1 unspecified atom stereocenters. The van der Waals surface area contributed by atoms with Crippen molar-refractivity contribution in [2.45, 2.75) is 26.0 Å². The maximum Gasteiger partial charge on any atom is 0.183 e. The highest BCUT2D eigenvalue weighted by molar-refractivity contribution is 5.49. The summed E-state index contributed by atoms with van der Waals surface area (Å²) in [5, 5.41) is 8.42. The van der Waals surface area contributed by atoms with Gasteiger partial charge < -0.3 is 9.30 Å². The molecule has 0 fully saturated rings. The van der Waals surface area contributed by atoms with Crippen LogP contribution in [0.4, 0.5) is 0 Å². The van der Waals surface area contributed by atoms with Crippen molar-refractivity contribution in [3.05, 3.63) is 30.2 Å². The normalized spacial score (nSPS) is 19.0. The van der Waals surface area contributed by atoms with Crippen molar-refractivity contribution in [1.82, 2.24) is 19.7 Å². The minimum absolute atomic E-state index is 0.311. The largest absolute Gasteiger partial charge is 0.371 e. The molecule has 2 aromatic heterocycles. The minimum atomic E-state index is 0.311. The van der Waals surface area contributed by atoms with Crippen LogP contribution in [0.25, 0.3) is 11.5 Å². The number of rotatable bonds is 2. The van der Waals surface area contributed by atoms with E-state index in [2.05, 4.69) is 26.7 Å². The van der Waals surface area contributed by atoms with Gasteiger partial charge in [-0.2, -0.15) is 0 Å². The van der Waals surface area contributed by atoms with Gasteiger partial charge in [0.1, 0.15) is 12.3 Å². The van der Waals surface area contributed by atoms with Crippen molar-refractivity contribution in [3.63, 3.8) is 0 Å². The molecule has 0 N–H and O–H groups in total. The molecule has 1 aliphatic heterocycles. The molecule has 0 bridgehead atoms. The Morgan fingerprint density at radius 1 is 1.41 bits per heavy atom. The SMILES string of the molecule is CCC1COCc2nnc(-c3ccccn3)n21. The lowest BCUT2D eigenvalue weighted by atomic mass is 10.2. The number of ether oxygens (including phenoxy) is 1. The average molecular weight is 230 g/mol. The summed E-state index contributed by atoms with van der Waals surface area (Å²) in [5.74, 6) is 1.74. The summed E-state index contributed by atoms with van der Waals surface area (Å²) in [7, 11) is 0. The molecule has 3 rings (SSSR count). The number of hydrogen-bond donors (Lipinski definition) is 0. The second kappa shape index (κ2) is 4.25. The molecule has 17 heavy (non-hydrogen) atoms. The Morgan fingerprint density at radius 3 is 3.12 bits per heavy atom. The lowest BCUT2D eigenvalue weighted by Crippen LogP contribution is -2.24. The number of hydrogen-bond acceptors (Lipinski definition) is 4. The minimum Gasteiger partial charge on any atom is -0.371 e. The third-order valence-electron chi connectivity index (χ3n) is 3.04. The molecule has 88 valence electrons. The van der Waals surface area contributed by atoms with Gasteiger partial charge in [0.05, 0.1) is 12.6 Å². The van der Waals surface area contributed by atoms with Crippen molar-refractivity contribution in [2.75, 3.05) is 6.61 Å². The van der Waals surface area contributed by atoms with Gasteiger partial charge in [0, 0.05) is 6.20 Å². The molecular weight excluding hydrogens is 216 g/mol. The Kier molecular flexibility index (Phi) is 2.60. The van der Waals surface area contributed by atoms with Crippen LogP contribution in [0.3, 0.4) is 0 Å². The molecule has 3 heterocycles. The summed E-state index contributed by atoms with van der Waals surface area (Å²) in [6.07, 6.45) is 2.78. The zero-order valence-electron chi connectivity index (χ0n) is 9.71. The van der Waals surface area contributed by atoms with Crippen LogP contribution < -0.4 is 0 Å². The maximum absolute atomic E-state index is 5.50. The predicted molar refractivity (Wildman–Crippen MR) is 62.2 cm³/mol. The third-order valence-corrected chi connectivity index (χ3v) is 3.04. The highest BCUT2D eigenvalue weighted by atomic mass is 16.5. The van der Waals surface area contributed by atoms with Crippen LogP contribution in [0.15, 0.2) is 24.4 Å². The van der Waals surface area contributed by atoms with E-state index in [-0.39, 0.29) is 0 Å². The zero-order chi connectivity index (χ0) is 11.7. The van der Waals surface area contributed by atoms with Gasteiger partial charge in [0.15, 0.2) is 11.6 Å². The molecule has 0 saturated carbocycles. The van der Waals surface area contributed by atoms with Gasteiger partial charge >= 0.3 is 0 Å². The van der Waals surface area contributed by atoms with Gasteiger partial charge in [-0.1, -0.05) is 13.0 Å². The Labute approximate surface area is 99.5 Å². The molecule has 0 spiro atoms. The number of nitrogens with zero attached hydrogens (tertiary/aromatic N) is 4. The van der Waals surface area contributed by atoms with Crippen LogP contribution in [-0.4, -0.2) is 26.4 Å². The second-order valence-electron chi connectivity index (χ2n) is 4.10. The van der Waals surface area contributed by atoms with E-state index in [1.165, 1.54) is 0 Å². The molecule has 1 atom stereocenters. The molecule has 0 saturated heterocycles. The fourth-order valence-corrected chi connectivity index (χ4v) is 2.14. The summed E-state index contributed by atoms with van der Waals surface area (Å²) in [5.41, 5.74) is 0.867. The maximum atomic E-state index is 5.50. The van der Waals surface area contributed by atoms with Gasteiger partial charge in [-0.15, -0.1) is 10.2 Å². The first-order chi connectivity index (χ1) is 8.40. The van der Waals surface area contributed by atoms with E-state index in [0.717, 1.165) is 30.4 Å². The highest BCUT2D eigenvalue weighted by Gasteiger charge is 2.24. The van der Waals surface area contributed by atoms with E-state index >= 15 is 0 Å². The molecule has 5 nitrogen and oxygen atoms in total. The first kappa shape index (κ1) is 10.4. The van der Waals surface area contributed by atoms with Gasteiger partial charge in [0.2, 0.25) is 0 Å². The number of pyridine rings is 1. The third kappa shape index (κ3) is 1.72. The highest BCUT2D eigenvalue weighted by Crippen LogP contribution is 2.26. The molecule has 0 aliphatic carbocycles. The second-order valence-corrected chi connectivity index (χ2v) is 4.10. The molecule has 1 aliphatic rings. The standard InChI is InChI=1S/C12H14N4O/c1-2-9-7-17-8-11-14-15-12(16(9)11)10-5-3-4-6-13-10/h3-6,9H,2,7-8H2,1H3. The van der Waals surface area contributed by atoms with E-state index < -0.39 is 0 Å². The van der Waals surface area contributed by atoms with E-state index in [0.29, 0.717) is 12.6 Å². The molecule has 0 radical (unpaired) electrons. The van der Waals surface area contributed by atoms with E-state index in [1.54, 1.807) is 6.20 Å². The summed E-state index contributed by atoms with van der Waals surface area (Å²) >= 11 is 0. The van der Waals surface area contributed by atoms with Crippen molar-refractivity contribution in [1.29, 1.82) is 0 Å². The van der Waals surface area contributed by atoms with Crippen LogP contribution in [0, 0.1) is 0 Å². The Morgan fingerprint density at radius 2 is 2.35 bits per heavy atom. The summed E-state index contributed by atoms with van der Waals surface area (Å²) in [6, 6.07) is 6.13. The molecular formula is C12H14N4O. The fourth-order valence-electron chi connectivity index (χ4n) is 2.14. The van der Waals surface area contributed by atoms with Crippen molar-refractivity contribution < 1.29 is 4.74 Å². The van der Waals surface area contributed by atoms with Crippen LogP contribution in [0.1, 0.15) is 25.2 Å². The van der Waals surface area contributed by atoms with E-state index in [9.17, 15) is 0 Å². The summed E-state index contributed by atoms with van der Waals surface area (Å²) in [6.45, 7) is 3.41. The van der Waals surface area contributed by atoms with Crippen molar-refractivity contribution >= 4 is 0 Å². The predicted octanol–water partition coefficient (Wildman–Crippen LogP) is 1.82. The van der Waals surface area contributed by atoms with Crippen molar-refractivity contribution in [3.8, 4) is 11.5 Å². The zero-order valence-corrected chi connectivity index (χ0v) is 9.71. The van der Waals surface area contributed by atoms with Crippen LogP contribution in [0.2, 0.25) is 0 Å². The number of aromatic nitrogens is 4. The lowest BCUT2D eigenvalue weighted by molar-refractivity contribution is 0.0542. The van der Waals surface area contributed by atoms with Crippen LogP contribution in [-0.2, 0) is 11.3 Å². The van der Waals surface area contributed by atoms with E-state index in [1.807, 2.05) is 18.2 Å². The van der Waals surface area contributed by atoms with Crippen molar-refractivity contribution in [2.24, 2.45) is 0 Å². The molecule has 2 aromatic rings. The molecule has 0 amide bonds. The lowest BCUT2D eigenvalue weighted by Gasteiger charge is -2.24. The summed E-state index contributed by atoms with van der Waals surface area (Å²) < 4.78 is 7.66. The Bertz CT molecular complexity index is 508. The first-order valence-electron chi connectivity index (χ1n) is 5.83. The molecule has 0 aromatic carbocycles. The van der Waals surface area contributed by atoms with E-state index in [4.69, 9.17) is 4.74 Å². The first-order valence-corrected chi connectivity index (χ1v) is 5.83. The quantitative estimate of drug-likeness (QED) is 0.789. The average Bonchev–Trinajstić information content (AvgIpc) is 2.83. The van der Waals surface area contributed by atoms with Gasteiger partial charge in [-0.25, -0.2) is 0 Å².